The maximum atomic E-state index is 12.6. The largest absolute Gasteiger partial charge is 0.294 e. The summed E-state index contributed by atoms with van der Waals surface area (Å²) >= 11 is 0. The van der Waals surface area contributed by atoms with Gasteiger partial charge in [0.05, 0.1) is 0 Å². The van der Waals surface area contributed by atoms with Crippen molar-refractivity contribution in [2.75, 3.05) is 0 Å². The van der Waals surface area contributed by atoms with Crippen LogP contribution in [0.2, 0.25) is 0 Å². The molecule has 3 rings (SSSR count). The average Bonchev–Trinajstić information content (AvgIpc) is 2.55. The molecule has 1 fully saturated rings. The highest BCUT2D eigenvalue weighted by Gasteiger charge is 2.25. The maximum absolute atomic E-state index is 12.6. The molecular formula is C20H22O. The second-order valence-corrected chi connectivity index (χ2v) is 6.28. The minimum absolute atomic E-state index is 0.233. The Morgan fingerprint density at radius 2 is 1.57 bits per heavy atom. The highest BCUT2D eigenvalue weighted by molar-refractivity contribution is 5.98. The van der Waals surface area contributed by atoms with E-state index in [4.69, 9.17) is 0 Å². The van der Waals surface area contributed by atoms with Gasteiger partial charge in [0.2, 0.25) is 0 Å². The fourth-order valence-electron chi connectivity index (χ4n) is 3.37. The van der Waals surface area contributed by atoms with Gasteiger partial charge in [-0.2, -0.15) is 0 Å². The van der Waals surface area contributed by atoms with Gasteiger partial charge in [0.15, 0.2) is 5.78 Å². The Morgan fingerprint density at radius 3 is 2.24 bits per heavy atom. The minimum Gasteiger partial charge on any atom is -0.294 e. The van der Waals surface area contributed by atoms with E-state index in [1.165, 1.54) is 24.0 Å². The molecule has 2 atom stereocenters. The Labute approximate surface area is 127 Å². The molecule has 1 aliphatic rings. The van der Waals surface area contributed by atoms with Crippen LogP contribution in [-0.2, 0) is 0 Å². The molecule has 1 nitrogen and oxygen atoms in total. The molecule has 2 aromatic rings. The Kier molecular flexibility index (Phi) is 4.19. The van der Waals surface area contributed by atoms with Crippen LogP contribution in [0, 0.1) is 11.8 Å². The van der Waals surface area contributed by atoms with E-state index < -0.39 is 0 Å². The molecule has 0 bridgehead atoms. The third kappa shape index (κ3) is 3.24. The third-order valence-corrected chi connectivity index (χ3v) is 4.58. The fourth-order valence-corrected chi connectivity index (χ4v) is 3.37. The van der Waals surface area contributed by atoms with E-state index in [9.17, 15) is 4.79 Å². The van der Waals surface area contributed by atoms with Gasteiger partial charge in [-0.05, 0) is 29.9 Å². The van der Waals surface area contributed by atoms with Crippen LogP contribution in [0.25, 0.3) is 11.1 Å². The number of rotatable bonds is 3. The van der Waals surface area contributed by atoms with Crippen LogP contribution < -0.4 is 0 Å². The monoisotopic (exact) mass is 278 g/mol. The molecule has 2 aromatic carbocycles. The molecule has 0 heterocycles. The van der Waals surface area contributed by atoms with Crippen molar-refractivity contribution in [2.24, 2.45) is 11.8 Å². The SMILES string of the molecule is CC1CCCC(C(=O)c2ccc(-c3ccccc3)cc2)C1. The van der Waals surface area contributed by atoms with Crippen LogP contribution in [0.1, 0.15) is 43.0 Å². The number of carbonyl (C=O) groups is 1. The topological polar surface area (TPSA) is 17.1 Å². The van der Waals surface area contributed by atoms with Crippen LogP contribution in [0.5, 0.6) is 0 Å². The molecule has 21 heavy (non-hydrogen) atoms. The lowest BCUT2D eigenvalue weighted by molar-refractivity contribution is 0.0868. The van der Waals surface area contributed by atoms with Gasteiger partial charge in [0, 0.05) is 11.5 Å². The zero-order chi connectivity index (χ0) is 14.7. The van der Waals surface area contributed by atoms with E-state index >= 15 is 0 Å². The van der Waals surface area contributed by atoms with Gasteiger partial charge in [-0.3, -0.25) is 4.79 Å². The van der Waals surface area contributed by atoms with Gasteiger partial charge in [0.25, 0.3) is 0 Å². The summed E-state index contributed by atoms with van der Waals surface area (Å²) in [5.74, 6) is 1.26. The van der Waals surface area contributed by atoms with Crippen LogP contribution >= 0.6 is 0 Å². The second-order valence-electron chi connectivity index (χ2n) is 6.28. The lowest BCUT2D eigenvalue weighted by Crippen LogP contribution is -2.21. The minimum atomic E-state index is 0.233. The Hall–Kier alpha value is -1.89. The van der Waals surface area contributed by atoms with Crippen molar-refractivity contribution in [3.63, 3.8) is 0 Å². The van der Waals surface area contributed by atoms with Crippen molar-refractivity contribution in [1.82, 2.24) is 0 Å². The lowest BCUT2D eigenvalue weighted by atomic mass is 9.78. The first-order chi connectivity index (χ1) is 10.2. The maximum Gasteiger partial charge on any atom is 0.165 e. The van der Waals surface area contributed by atoms with E-state index in [2.05, 4.69) is 31.2 Å². The highest BCUT2D eigenvalue weighted by Crippen LogP contribution is 2.31. The molecule has 1 aliphatic carbocycles. The Bertz CT molecular complexity index is 597. The molecule has 0 saturated heterocycles. The molecule has 2 unspecified atom stereocenters. The van der Waals surface area contributed by atoms with Crippen LogP contribution in [0.3, 0.4) is 0 Å². The number of carbonyl (C=O) groups excluding carboxylic acids is 1. The summed E-state index contributed by atoms with van der Waals surface area (Å²) in [7, 11) is 0. The van der Waals surface area contributed by atoms with Gasteiger partial charge in [0.1, 0.15) is 0 Å². The predicted molar refractivity (Wildman–Crippen MR) is 87.3 cm³/mol. The summed E-state index contributed by atoms with van der Waals surface area (Å²) in [5.41, 5.74) is 3.24. The molecule has 108 valence electrons. The van der Waals surface area contributed by atoms with Crippen molar-refractivity contribution in [3.8, 4) is 11.1 Å². The lowest BCUT2D eigenvalue weighted by Gasteiger charge is -2.25. The summed E-state index contributed by atoms with van der Waals surface area (Å²) in [4.78, 5) is 12.6. The van der Waals surface area contributed by atoms with Gasteiger partial charge in [-0.1, -0.05) is 74.4 Å². The molecule has 1 heteroatoms. The smallest absolute Gasteiger partial charge is 0.165 e. The molecule has 0 aliphatic heterocycles. The Balaban J connectivity index is 1.76. The van der Waals surface area contributed by atoms with Crippen molar-refractivity contribution >= 4 is 5.78 Å². The van der Waals surface area contributed by atoms with E-state index in [0.717, 1.165) is 18.4 Å². The van der Waals surface area contributed by atoms with Crippen LogP contribution in [0.4, 0.5) is 0 Å². The van der Waals surface area contributed by atoms with E-state index in [0.29, 0.717) is 11.7 Å². The highest BCUT2D eigenvalue weighted by atomic mass is 16.1. The molecule has 0 aromatic heterocycles. The number of ketones is 1. The summed E-state index contributed by atoms with van der Waals surface area (Å²) in [6, 6.07) is 18.4. The third-order valence-electron chi connectivity index (χ3n) is 4.58. The Morgan fingerprint density at radius 1 is 0.905 bits per heavy atom. The molecule has 1 saturated carbocycles. The first-order valence-electron chi connectivity index (χ1n) is 7.94. The van der Waals surface area contributed by atoms with Crippen LogP contribution in [0.15, 0.2) is 54.6 Å². The fraction of sp³-hybridized carbons (Fsp3) is 0.350. The van der Waals surface area contributed by atoms with Gasteiger partial charge >= 0.3 is 0 Å². The first-order valence-corrected chi connectivity index (χ1v) is 7.94. The molecular weight excluding hydrogens is 256 g/mol. The van der Waals surface area contributed by atoms with Gasteiger partial charge in [-0.15, -0.1) is 0 Å². The van der Waals surface area contributed by atoms with Gasteiger partial charge in [-0.25, -0.2) is 0 Å². The zero-order valence-corrected chi connectivity index (χ0v) is 12.6. The molecule has 0 radical (unpaired) electrons. The summed E-state index contributed by atoms with van der Waals surface area (Å²) in [6.45, 7) is 2.26. The second kappa shape index (κ2) is 6.26. The predicted octanol–water partition coefficient (Wildman–Crippen LogP) is 5.36. The number of hydrogen-bond acceptors (Lipinski definition) is 1. The molecule has 0 amide bonds. The van der Waals surface area contributed by atoms with E-state index in [-0.39, 0.29) is 5.92 Å². The zero-order valence-electron chi connectivity index (χ0n) is 12.6. The van der Waals surface area contributed by atoms with Crippen molar-refractivity contribution < 1.29 is 4.79 Å². The standard InChI is InChI=1S/C20H22O/c1-15-6-5-9-19(14-15)20(21)18-12-10-17(11-13-18)16-7-3-2-4-8-16/h2-4,7-8,10-13,15,19H,5-6,9,14H2,1H3. The van der Waals surface area contributed by atoms with Crippen molar-refractivity contribution in [2.45, 2.75) is 32.6 Å². The average molecular weight is 278 g/mol. The van der Waals surface area contributed by atoms with Crippen molar-refractivity contribution in [3.05, 3.63) is 60.2 Å². The summed E-state index contributed by atoms with van der Waals surface area (Å²) in [6.07, 6.45) is 4.58. The quantitative estimate of drug-likeness (QED) is 0.690. The number of Topliss-reactive ketones (excluding diaryl/α,β-unsaturated/α-hetero) is 1. The van der Waals surface area contributed by atoms with Crippen LogP contribution in [-0.4, -0.2) is 5.78 Å². The van der Waals surface area contributed by atoms with Crippen molar-refractivity contribution in [1.29, 1.82) is 0 Å². The first kappa shape index (κ1) is 14.1. The summed E-state index contributed by atoms with van der Waals surface area (Å²) < 4.78 is 0. The number of hydrogen-bond donors (Lipinski definition) is 0. The summed E-state index contributed by atoms with van der Waals surface area (Å²) in [5, 5.41) is 0. The molecule has 0 N–H and O–H groups in total. The molecule has 0 spiro atoms. The van der Waals surface area contributed by atoms with Gasteiger partial charge < -0.3 is 0 Å². The normalized spacial score (nSPS) is 22.0. The van der Waals surface area contributed by atoms with E-state index in [1.807, 2.05) is 30.3 Å². The number of benzene rings is 2. The van der Waals surface area contributed by atoms with E-state index in [1.54, 1.807) is 0 Å².